The van der Waals surface area contributed by atoms with Crippen LogP contribution in [-0.4, -0.2) is 16.1 Å². The molecular weight excluding hydrogens is 218 g/mol. The predicted octanol–water partition coefficient (Wildman–Crippen LogP) is 2.40. The molecular formula is C13H19NO3. The molecule has 94 valence electrons. The van der Waals surface area contributed by atoms with E-state index in [1.165, 1.54) is 6.07 Å². The highest BCUT2D eigenvalue weighted by molar-refractivity contribution is 5.87. The molecule has 0 saturated heterocycles. The summed E-state index contributed by atoms with van der Waals surface area (Å²) in [5.41, 5.74) is 1.07. The maximum Gasteiger partial charge on any atom is 0.341 e. The molecule has 0 aliphatic carbocycles. The standard InChI is InChI=1S/C13H19NO3/c1-7(2)5-11-9(8(3)4)6-10(13(16)17)12(15)14-11/h6-8H,5H2,1-4H3,(H,14,15)(H,16,17). The van der Waals surface area contributed by atoms with Gasteiger partial charge in [0.15, 0.2) is 0 Å². The van der Waals surface area contributed by atoms with Gasteiger partial charge in [0.05, 0.1) is 0 Å². The van der Waals surface area contributed by atoms with Gasteiger partial charge in [0, 0.05) is 5.69 Å². The third-order valence-corrected chi connectivity index (χ3v) is 2.62. The van der Waals surface area contributed by atoms with Crippen molar-refractivity contribution >= 4 is 5.97 Å². The van der Waals surface area contributed by atoms with E-state index >= 15 is 0 Å². The number of pyridine rings is 1. The van der Waals surface area contributed by atoms with Gasteiger partial charge in [-0.05, 0) is 29.9 Å². The number of H-pyrrole nitrogens is 1. The van der Waals surface area contributed by atoms with Crippen LogP contribution < -0.4 is 5.56 Å². The van der Waals surface area contributed by atoms with E-state index in [9.17, 15) is 9.59 Å². The van der Waals surface area contributed by atoms with Crippen molar-refractivity contribution in [2.75, 3.05) is 0 Å². The summed E-state index contributed by atoms with van der Waals surface area (Å²) in [6.07, 6.45) is 0.753. The zero-order valence-electron chi connectivity index (χ0n) is 10.7. The Morgan fingerprint density at radius 2 is 1.94 bits per heavy atom. The van der Waals surface area contributed by atoms with Crippen molar-refractivity contribution < 1.29 is 9.90 Å². The van der Waals surface area contributed by atoms with Crippen LogP contribution in [-0.2, 0) is 6.42 Å². The molecule has 0 unspecified atom stereocenters. The monoisotopic (exact) mass is 237 g/mol. The number of nitrogens with one attached hydrogen (secondary N) is 1. The second kappa shape index (κ2) is 5.17. The topological polar surface area (TPSA) is 70.2 Å². The summed E-state index contributed by atoms with van der Waals surface area (Å²) in [7, 11) is 0. The molecule has 0 bridgehead atoms. The molecule has 1 heterocycles. The van der Waals surface area contributed by atoms with Crippen molar-refractivity contribution in [2.45, 2.75) is 40.0 Å². The number of carbonyl (C=O) groups is 1. The Balaban J connectivity index is 3.36. The second-order valence-electron chi connectivity index (χ2n) is 5.00. The minimum absolute atomic E-state index is 0.179. The van der Waals surface area contributed by atoms with E-state index in [4.69, 9.17) is 5.11 Å². The summed E-state index contributed by atoms with van der Waals surface area (Å²) in [6, 6.07) is 1.50. The van der Waals surface area contributed by atoms with Gasteiger partial charge >= 0.3 is 5.97 Å². The van der Waals surface area contributed by atoms with Crippen LogP contribution in [0.25, 0.3) is 0 Å². The number of aromatic amines is 1. The van der Waals surface area contributed by atoms with Gasteiger partial charge in [-0.25, -0.2) is 4.79 Å². The first-order valence-electron chi connectivity index (χ1n) is 5.82. The molecule has 0 fully saturated rings. The van der Waals surface area contributed by atoms with Crippen LogP contribution in [0, 0.1) is 5.92 Å². The average molecular weight is 237 g/mol. The van der Waals surface area contributed by atoms with Crippen molar-refractivity contribution in [2.24, 2.45) is 5.92 Å². The van der Waals surface area contributed by atoms with Crippen LogP contribution in [0.5, 0.6) is 0 Å². The molecule has 0 atom stereocenters. The fourth-order valence-corrected chi connectivity index (χ4v) is 1.84. The highest BCUT2D eigenvalue weighted by Gasteiger charge is 2.16. The van der Waals surface area contributed by atoms with Crippen molar-refractivity contribution in [1.29, 1.82) is 0 Å². The van der Waals surface area contributed by atoms with Crippen LogP contribution in [0.1, 0.15) is 55.2 Å². The van der Waals surface area contributed by atoms with Crippen molar-refractivity contribution in [3.05, 3.63) is 33.2 Å². The molecule has 0 saturated carbocycles. The van der Waals surface area contributed by atoms with Crippen molar-refractivity contribution in [3.63, 3.8) is 0 Å². The average Bonchev–Trinajstić information content (AvgIpc) is 2.15. The van der Waals surface area contributed by atoms with Crippen LogP contribution >= 0.6 is 0 Å². The third kappa shape index (κ3) is 3.19. The fraction of sp³-hybridized carbons (Fsp3) is 0.538. The lowest BCUT2D eigenvalue weighted by Crippen LogP contribution is -2.21. The Labute approximate surface area is 101 Å². The lowest BCUT2D eigenvalue weighted by Gasteiger charge is -2.14. The Kier molecular flexibility index (Phi) is 4.10. The minimum atomic E-state index is -1.18. The maximum atomic E-state index is 11.6. The van der Waals surface area contributed by atoms with Crippen LogP contribution in [0.4, 0.5) is 0 Å². The summed E-state index contributed by atoms with van der Waals surface area (Å²) in [5, 5.41) is 8.92. The van der Waals surface area contributed by atoms with Gasteiger partial charge < -0.3 is 10.1 Å². The van der Waals surface area contributed by atoms with E-state index < -0.39 is 11.5 Å². The van der Waals surface area contributed by atoms with Gasteiger partial charge in [0.1, 0.15) is 5.56 Å². The van der Waals surface area contributed by atoms with E-state index in [0.29, 0.717) is 5.92 Å². The van der Waals surface area contributed by atoms with E-state index in [2.05, 4.69) is 18.8 Å². The molecule has 1 aromatic heterocycles. The van der Waals surface area contributed by atoms with E-state index in [1.54, 1.807) is 0 Å². The summed E-state index contributed by atoms with van der Waals surface area (Å²) < 4.78 is 0. The smallest absolute Gasteiger partial charge is 0.341 e. The largest absolute Gasteiger partial charge is 0.477 e. The SMILES string of the molecule is CC(C)Cc1[nH]c(=O)c(C(=O)O)cc1C(C)C. The Morgan fingerprint density at radius 3 is 2.35 bits per heavy atom. The quantitative estimate of drug-likeness (QED) is 0.844. The first kappa shape index (κ1) is 13.5. The third-order valence-electron chi connectivity index (χ3n) is 2.62. The molecule has 0 radical (unpaired) electrons. The summed E-state index contributed by atoms with van der Waals surface area (Å²) in [5.74, 6) is -0.568. The van der Waals surface area contributed by atoms with Gasteiger partial charge in [0.2, 0.25) is 0 Å². The van der Waals surface area contributed by atoms with Gasteiger partial charge in [-0.1, -0.05) is 27.7 Å². The van der Waals surface area contributed by atoms with Crippen LogP contribution in [0.15, 0.2) is 10.9 Å². The Hall–Kier alpha value is -1.58. The molecule has 0 aromatic carbocycles. The number of rotatable bonds is 4. The summed E-state index contributed by atoms with van der Waals surface area (Å²) >= 11 is 0. The van der Waals surface area contributed by atoms with Crippen molar-refractivity contribution in [1.82, 2.24) is 4.98 Å². The van der Waals surface area contributed by atoms with E-state index in [1.807, 2.05) is 13.8 Å². The number of hydrogen-bond donors (Lipinski definition) is 2. The van der Waals surface area contributed by atoms with E-state index in [0.717, 1.165) is 17.7 Å². The lowest BCUT2D eigenvalue weighted by molar-refractivity contribution is 0.0694. The van der Waals surface area contributed by atoms with Gasteiger partial charge in [-0.2, -0.15) is 0 Å². The normalized spacial score (nSPS) is 11.2. The molecule has 1 rings (SSSR count). The van der Waals surface area contributed by atoms with Crippen molar-refractivity contribution in [3.8, 4) is 0 Å². The number of carboxylic acids is 1. The highest BCUT2D eigenvalue weighted by Crippen LogP contribution is 2.20. The summed E-state index contributed by atoms with van der Waals surface area (Å²) in [4.78, 5) is 25.2. The highest BCUT2D eigenvalue weighted by atomic mass is 16.4. The van der Waals surface area contributed by atoms with Crippen LogP contribution in [0.3, 0.4) is 0 Å². The van der Waals surface area contributed by atoms with Crippen LogP contribution in [0.2, 0.25) is 0 Å². The number of hydrogen-bond acceptors (Lipinski definition) is 2. The molecule has 0 aliphatic heterocycles. The zero-order valence-corrected chi connectivity index (χ0v) is 10.7. The lowest BCUT2D eigenvalue weighted by atomic mass is 9.95. The zero-order chi connectivity index (χ0) is 13.2. The van der Waals surface area contributed by atoms with Gasteiger partial charge in [0.25, 0.3) is 5.56 Å². The van der Waals surface area contributed by atoms with Gasteiger partial charge in [-0.15, -0.1) is 0 Å². The predicted molar refractivity (Wildman–Crippen MR) is 66.7 cm³/mol. The molecule has 2 N–H and O–H groups in total. The minimum Gasteiger partial charge on any atom is -0.477 e. The fourth-order valence-electron chi connectivity index (χ4n) is 1.84. The number of carboxylic acid groups (broad SMARTS) is 1. The maximum absolute atomic E-state index is 11.6. The van der Waals surface area contributed by atoms with Gasteiger partial charge in [-0.3, -0.25) is 4.79 Å². The molecule has 4 nitrogen and oxygen atoms in total. The van der Waals surface area contributed by atoms with E-state index in [-0.39, 0.29) is 11.5 Å². The number of aromatic carboxylic acids is 1. The molecule has 0 spiro atoms. The second-order valence-corrected chi connectivity index (χ2v) is 5.00. The molecule has 1 aromatic rings. The summed E-state index contributed by atoms with van der Waals surface area (Å²) in [6.45, 7) is 8.10. The molecule has 0 amide bonds. The molecule has 0 aliphatic rings. The Morgan fingerprint density at radius 1 is 1.35 bits per heavy atom. The first-order chi connectivity index (χ1) is 7.82. The Bertz CT molecular complexity index is 472. The first-order valence-corrected chi connectivity index (χ1v) is 5.82. The number of aromatic nitrogens is 1. The molecule has 17 heavy (non-hydrogen) atoms. The molecule has 4 heteroatoms.